The third kappa shape index (κ3) is 4.60. The summed E-state index contributed by atoms with van der Waals surface area (Å²) < 4.78 is 0. The summed E-state index contributed by atoms with van der Waals surface area (Å²) in [5.41, 5.74) is 6.77. The van der Waals surface area contributed by atoms with Gasteiger partial charge in [0.05, 0.1) is 6.54 Å². The van der Waals surface area contributed by atoms with E-state index in [4.69, 9.17) is 5.73 Å². The van der Waals surface area contributed by atoms with Crippen molar-refractivity contribution in [3.05, 3.63) is 35.4 Å². The first kappa shape index (κ1) is 14.3. The van der Waals surface area contributed by atoms with Gasteiger partial charge in [-0.1, -0.05) is 38.2 Å². The van der Waals surface area contributed by atoms with Crippen molar-refractivity contribution >= 4 is 5.91 Å². The first-order chi connectivity index (χ1) is 8.67. The molecule has 3 N–H and O–H groups in total. The molecule has 1 unspecified atom stereocenters. The Hall–Kier alpha value is -1.79. The van der Waals surface area contributed by atoms with Crippen LogP contribution in [0.5, 0.6) is 0 Å². The zero-order valence-electron chi connectivity index (χ0n) is 11.0. The van der Waals surface area contributed by atoms with Crippen molar-refractivity contribution in [2.75, 3.05) is 13.1 Å². The molecule has 0 spiro atoms. The van der Waals surface area contributed by atoms with Gasteiger partial charge in [0.2, 0.25) is 0 Å². The molecular formula is C15H20N2O. The van der Waals surface area contributed by atoms with Crippen molar-refractivity contribution in [2.24, 2.45) is 11.7 Å². The van der Waals surface area contributed by atoms with Gasteiger partial charge >= 0.3 is 0 Å². The molecule has 0 aliphatic carbocycles. The van der Waals surface area contributed by atoms with Gasteiger partial charge in [0.25, 0.3) is 5.91 Å². The molecule has 18 heavy (non-hydrogen) atoms. The third-order valence-corrected chi connectivity index (χ3v) is 2.77. The molecule has 0 aliphatic heterocycles. The quantitative estimate of drug-likeness (QED) is 0.793. The van der Waals surface area contributed by atoms with Crippen LogP contribution in [0.25, 0.3) is 0 Å². The lowest BCUT2D eigenvalue weighted by Gasteiger charge is -2.10. The molecule has 0 aromatic heterocycles. The van der Waals surface area contributed by atoms with Gasteiger partial charge in [0.1, 0.15) is 0 Å². The van der Waals surface area contributed by atoms with E-state index in [1.807, 2.05) is 12.1 Å². The molecule has 3 nitrogen and oxygen atoms in total. The van der Waals surface area contributed by atoms with Crippen molar-refractivity contribution in [2.45, 2.75) is 20.3 Å². The summed E-state index contributed by atoms with van der Waals surface area (Å²) in [5.74, 6) is 6.14. The highest BCUT2D eigenvalue weighted by molar-refractivity contribution is 5.94. The highest BCUT2D eigenvalue weighted by Crippen LogP contribution is 2.05. The monoisotopic (exact) mass is 244 g/mol. The summed E-state index contributed by atoms with van der Waals surface area (Å²) >= 11 is 0. The fraction of sp³-hybridized carbons (Fsp3) is 0.400. The average molecular weight is 244 g/mol. The van der Waals surface area contributed by atoms with Crippen LogP contribution in [0.2, 0.25) is 0 Å². The number of carbonyl (C=O) groups is 1. The number of hydrogen-bond acceptors (Lipinski definition) is 2. The maximum atomic E-state index is 11.9. The number of nitrogens with two attached hydrogens (primary N) is 1. The first-order valence-electron chi connectivity index (χ1n) is 6.24. The Labute approximate surface area is 109 Å². The molecule has 0 saturated carbocycles. The SMILES string of the molecule is CCC(C)CNC(=O)c1cccc(C#CCN)c1. The average Bonchev–Trinajstić information content (AvgIpc) is 2.42. The molecule has 1 amide bonds. The van der Waals surface area contributed by atoms with E-state index in [9.17, 15) is 4.79 Å². The van der Waals surface area contributed by atoms with Crippen LogP contribution >= 0.6 is 0 Å². The predicted molar refractivity (Wildman–Crippen MR) is 74.2 cm³/mol. The normalized spacial score (nSPS) is 11.3. The summed E-state index contributed by atoms with van der Waals surface area (Å²) in [6, 6.07) is 7.28. The summed E-state index contributed by atoms with van der Waals surface area (Å²) in [4.78, 5) is 11.9. The minimum Gasteiger partial charge on any atom is -0.352 e. The number of hydrogen-bond donors (Lipinski definition) is 2. The molecule has 0 heterocycles. The summed E-state index contributed by atoms with van der Waals surface area (Å²) in [6.07, 6.45) is 1.06. The second-order valence-electron chi connectivity index (χ2n) is 4.31. The van der Waals surface area contributed by atoms with E-state index in [2.05, 4.69) is 31.0 Å². The maximum Gasteiger partial charge on any atom is 0.251 e. The Morgan fingerprint density at radius 3 is 2.94 bits per heavy atom. The summed E-state index contributed by atoms with van der Waals surface area (Å²) in [7, 11) is 0. The topological polar surface area (TPSA) is 55.1 Å². The van der Waals surface area contributed by atoms with Crippen LogP contribution in [-0.4, -0.2) is 19.0 Å². The fourth-order valence-corrected chi connectivity index (χ4v) is 1.40. The van der Waals surface area contributed by atoms with Gasteiger partial charge in [-0.3, -0.25) is 4.79 Å². The van der Waals surface area contributed by atoms with E-state index in [-0.39, 0.29) is 5.91 Å². The number of carbonyl (C=O) groups excluding carboxylic acids is 1. The van der Waals surface area contributed by atoms with Gasteiger partial charge in [-0.25, -0.2) is 0 Å². The standard InChI is InChI=1S/C15H20N2O/c1-3-12(2)11-17-15(18)14-8-4-6-13(10-14)7-5-9-16/h4,6,8,10,12H,3,9,11,16H2,1-2H3,(H,17,18). The smallest absolute Gasteiger partial charge is 0.251 e. The fourth-order valence-electron chi connectivity index (χ4n) is 1.40. The van der Waals surface area contributed by atoms with Crippen LogP contribution in [0.1, 0.15) is 36.2 Å². The Morgan fingerprint density at radius 1 is 1.50 bits per heavy atom. The minimum atomic E-state index is -0.0494. The molecule has 0 aliphatic rings. The minimum absolute atomic E-state index is 0.0494. The second-order valence-corrected chi connectivity index (χ2v) is 4.31. The van der Waals surface area contributed by atoms with Crippen molar-refractivity contribution < 1.29 is 4.79 Å². The van der Waals surface area contributed by atoms with E-state index in [0.717, 1.165) is 12.0 Å². The van der Waals surface area contributed by atoms with Gasteiger partial charge in [0, 0.05) is 17.7 Å². The van der Waals surface area contributed by atoms with Crippen LogP contribution in [0, 0.1) is 17.8 Å². The number of benzene rings is 1. The van der Waals surface area contributed by atoms with E-state index in [1.165, 1.54) is 0 Å². The van der Waals surface area contributed by atoms with Crippen molar-refractivity contribution in [1.82, 2.24) is 5.32 Å². The van der Waals surface area contributed by atoms with Crippen LogP contribution in [0.4, 0.5) is 0 Å². The highest BCUT2D eigenvalue weighted by atomic mass is 16.1. The Balaban J connectivity index is 2.68. The zero-order valence-corrected chi connectivity index (χ0v) is 11.0. The van der Waals surface area contributed by atoms with Gasteiger partial charge < -0.3 is 11.1 Å². The second kappa shape index (κ2) is 7.52. The molecule has 1 aromatic carbocycles. The van der Waals surface area contributed by atoms with Crippen molar-refractivity contribution in [3.63, 3.8) is 0 Å². The highest BCUT2D eigenvalue weighted by Gasteiger charge is 2.06. The molecule has 96 valence electrons. The van der Waals surface area contributed by atoms with Crippen molar-refractivity contribution in [3.8, 4) is 11.8 Å². The maximum absolute atomic E-state index is 11.9. The molecule has 3 heteroatoms. The molecule has 1 atom stereocenters. The molecule has 0 saturated heterocycles. The molecule has 1 rings (SSSR count). The number of nitrogens with one attached hydrogen (secondary N) is 1. The Kier molecular flexibility index (Phi) is 5.96. The lowest BCUT2D eigenvalue weighted by atomic mass is 10.1. The van der Waals surface area contributed by atoms with E-state index < -0.39 is 0 Å². The lowest BCUT2D eigenvalue weighted by molar-refractivity contribution is 0.0948. The zero-order chi connectivity index (χ0) is 13.4. The summed E-state index contributed by atoms with van der Waals surface area (Å²) in [5, 5.41) is 2.92. The van der Waals surface area contributed by atoms with Gasteiger partial charge in [-0.05, 0) is 24.1 Å². The third-order valence-electron chi connectivity index (χ3n) is 2.77. The molecule has 0 fully saturated rings. The van der Waals surface area contributed by atoms with Crippen LogP contribution < -0.4 is 11.1 Å². The molecule has 1 aromatic rings. The molecular weight excluding hydrogens is 224 g/mol. The number of rotatable bonds is 4. The van der Waals surface area contributed by atoms with E-state index in [1.54, 1.807) is 12.1 Å². The lowest BCUT2D eigenvalue weighted by Crippen LogP contribution is -2.28. The number of amides is 1. The largest absolute Gasteiger partial charge is 0.352 e. The Bertz CT molecular complexity index is 457. The Morgan fingerprint density at radius 2 is 2.28 bits per heavy atom. The molecule has 0 bridgehead atoms. The predicted octanol–water partition coefficient (Wildman–Crippen LogP) is 1.77. The molecule has 0 radical (unpaired) electrons. The van der Waals surface area contributed by atoms with Crippen LogP contribution in [-0.2, 0) is 0 Å². The summed E-state index contributed by atoms with van der Waals surface area (Å²) in [6.45, 7) is 5.25. The van der Waals surface area contributed by atoms with Gasteiger partial charge in [-0.15, -0.1) is 0 Å². The van der Waals surface area contributed by atoms with Crippen LogP contribution in [0.15, 0.2) is 24.3 Å². The van der Waals surface area contributed by atoms with Crippen LogP contribution in [0.3, 0.4) is 0 Å². The van der Waals surface area contributed by atoms with E-state index in [0.29, 0.717) is 24.6 Å². The van der Waals surface area contributed by atoms with Gasteiger partial charge in [-0.2, -0.15) is 0 Å². The van der Waals surface area contributed by atoms with Gasteiger partial charge in [0.15, 0.2) is 0 Å². The van der Waals surface area contributed by atoms with Crippen molar-refractivity contribution in [1.29, 1.82) is 0 Å². The first-order valence-corrected chi connectivity index (χ1v) is 6.24. The van der Waals surface area contributed by atoms with E-state index >= 15 is 0 Å².